The van der Waals surface area contributed by atoms with E-state index >= 15 is 0 Å². The predicted molar refractivity (Wildman–Crippen MR) is 121 cm³/mol. The first-order valence-corrected chi connectivity index (χ1v) is 10.2. The molecule has 1 amide bonds. The maximum absolute atomic E-state index is 13.1. The average Bonchev–Trinajstić information content (AvgIpc) is 2.81. The minimum atomic E-state index is -0.340. The zero-order chi connectivity index (χ0) is 21.6. The van der Waals surface area contributed by atoms with Crippen molar-refractivity contribution in [3.8, 4) is 0 Å². The molecule has 6 heteroatoms. The number of carbonyl (C=O) groups is 1. The van der Waals surface area contributed by atoms with Gasteiger partial charge in [-0.2, -0.15) is 0 Å². The SMILES string of the molecule is O=C(CCn1[nH]c(=O)c2ccccc2c1=O)N(Cc1ccccc1)Cc1ccccc1. The van der Waals surface area contributed by atoms with Gasteiger partial charge in [0.2, 0.25) is 5.91 Å². The molecule has 0 spiro atoms. The van der Waals surface area contributed by atoms with E-state index in [4.69, 9.17) is 0 Å². The number of H-pyrrole nitrogens is 1. The van der Waals surface area contributed by atoms with Crippen molar-refractivity contribution in [2.24, 2.45) is 0 Å². The Labute approximate surface area is 179 Å². The van der Waals surface area contributed by atoms with Gasteiger partial charge in [-0.05, 0) is 23.3 Å². The van der Waals surface area contributed by atoms with Crippen molar-refractivity contribution in [1.82, 2.24) is 14.7 Å². The highest BCUT2D eigenvalue weighted by Crippen LogP contribution is 2.12. The van der Waals surface area contributed by atoms with Gasteiger partial charge in [0.05, 0.1) is 17.3 Å². The molecule has 156 valence electrons. The second-order valence-electron chi connectivity index (χ2n) is 7.41. The van der Waals surface area contributed by atoms with Crippen molar-refractivity contribution in [3.05, 3.63) is 117 Å². The fraction of sp³-hybridized carbons (Fsp3) is 0.160. The van der Waals surface area contributed by atoms with Crippen molar-refractivity contribution in [3.63, 3.8) is 0 Å². The van der Waals surface area contributed by atoms with E-state index in [0.29, 0.717) is 23.9 Å². The Bertz CT molecular complexity index is 1250. The summed E-state index contributed by atoms with van der Waals surface area (Å²) in [6.45, 7) is 1.05. The zero-order valence-corrected chi connectivity index (χ0v) is 17.0. The number of amides is 1. The Kier molecular flexibility index (Phi) is 6.08. The quantitative estimate of drug-likeness (QED) is 0.505. The predicted octanol–water partition coefficient (Wildman–Crippen LogP) is 3.31. The summed E-state index contributed by atoms with van der Waals surface area (Å²) >= 11 is 0. The lowest BCUT2D eigenvalue weighted by molar-refractivity contribution is -0.132. The maximum atomic E-state index is 13.1. The van der Waals surface area contributed by atoms with Gasteiger partial charge in [0.25, 0.3) is 11.1 Å². The molecule has 31 heavy (non-hydrogen) atoms. The molecule has 1 aromatic heterocycles. The lowest BCUT2D eigenvalue weighted by atomic mass is 10.1. The first-order chi connectivity index (χ1) is 15.1. The zero-order valence-electron chi connectivity index (χ0n) is 17.0. The number of hydrogen-bond acceptors (Lipinski definition) is 3. The van der Waals surface area contributed by atoms with Gasteiger partial charge in [-0.15, -0.1) is 0 Å². The summed E-state index contributed by atoms with van der Waals surface area (Å²) in [6.07, 6.45) is 0.105. The van der Waals surface area contributed by atoms with Gasteiger partial charge >= 0.3 is 0 Å². The minimum absolute atomic E-state index is 0.0892. The number of carbonyl (C=O) groups excluding carboxylic acids is 1. The molecule has 0 saturated heterocycles. The average molecular weight is 413 g/mol. The molecular weight excluding hydrogens is 390 g/mol. The Hall–Kier alpha value is -3.93. The largest absolute Gasteiger partial charge is 0.334 e. The maximum Gasteiger partial charge on any atom is 0.273 e. The number of fused-ring (bicyclic) bond motifs is 1. The van der Waals surface area contributed by atoms with E-state index < -0.39 is 0 Å². The van der Waals surface area contributed by atoms with E-state index in [2.05, 4.69) is 5.10 Å². The monoisotopic (exact) mass is 413 g/mol. The Morgan fingerprint density at radius 3 is 1.84 bits per heavy atom. The van der Waals surface area contributed by atoms with Crippen LogP contribution in [0.2, 0.25) is 0 Å². The Morgan fingerprint density at radius 1 is 0.742 bits per heavy atom. The lowest BCUT2D eigenvalue weighted by Gasteiger charge is -2.23. The van der Waals surface area contributed by atoms with Crippen LogP contribution in [0.4, 0.5) is 0 Å². The number of hydrogen-bond donors (Lipinski definition) is 1. The summed E-state index contributed by atoms with van der Waals surface area (Å²) in [7, 11) is 0. The van der Waals surface area contributed by atoms with Gasteiger partial charge < -0.3 is 4.90 Å². The number of benzene rings is 3. The molecule has 1 N–H and O–H groups in total. The fourth-order valence-corrected chi connectivity index (χ4v) is 3.61. The minimum Gasteiger partial charge on any atom is -0.334 e. The third-order valence-electron chi connectivity index (χ3n) is 5.22. The van der Waals surface area contributed by atoms with Crippen LogP contribution in [0.1, 0.15) is 17.5 Å². The van der Waals surface area contributed by atoms with E-state index in [-0.39, 0.29) is 30.0 Å². The van der Waals surface area contributed by atoms with Gasteiger partial charge in [0.1, 0.15) is 0 Å². The van der Waals surface area contributed by atoms with Crippen molar-refractivity contribution >= 4 is 16.7 Å². The Morgan fingerprint density at radius 2 is 1.26 bits per heavy atom. The summed E-state index contributed by atoms with van der Waals surface area (Å²) in [6, 6.07) is 26.3. The van der Waals surface area contributed by atoms with Crippen LogP contribution in [0.25, 0.3) is 10.8 Å². The molecule has 0 unspecified atom stereocenters. The molecule has 0 aliphatic carbocycles. The van der Waals surface area contributed by atoms with E-state index in [1.165, 1.54) is 4.68 Å². The third-order valence-corrected chi connectivity index (χ3v) is 5.22. The summed E-state index contributed by atoms with van der Waals surface area (Å²) < 4.78 is 1.23. The van der Waals surface area contributed by atoms with Crippen molar-refractivity contribution < 1.29 is 4.79 Å². The van der Waals surface area contributed by atoms with E-state index in [1.54, 1.807) is 29.2 Å². The van der Waals surface area contributed by atoms with Crippen LogP contribution in [0.3, 0.4) is 0 Å². The molecule has 4 aromatic rings. The van der Waals surface area contributed by atoms with Gasteiger partial charge in [0, 0.05) is 19.5 Å². The van der Waals surface area contributed by atoms with Gasteiger partial charge in [0.15, 0.2) is 0 Å². The number of nitrogens with one attached hydrogen (secondary N) is 1. The highest BCUT2D eigenvalue weighted by Gasteiger charge is 2.16. The van der Waals surface area contributed by atoms with Crippen molar-refractivity contribution in [2.45, 2.75) is 26.1 Å². The molecular formula is C25H23N3O3. The summed E-state index contributed by atoms with van der Waals surface area (Å²) in [5, 5.41) is 3.29. The van der Waals surface area contributed by atoms with Gasteiger partial charge in [-0.3, -0.25) is 19.5 Å². The molecule has 0 fully saturated rings. The van der Waals surface area contributed by atoms with Gasteiger partial charge in [-0.25, -0.2) is 4.68 Å². The molecule has 0 aliphatic heterocycles. The van der Waals surface area contributed by atoms with E-state index in [9.17, 15) is 14.4 Å². The molecule has 0 atom stereocenters. The molecule has 0 saturated carbocycles. The first kappa shape index (κ1) is 20.3. The van der Waals surface area contributed by atoms with Crippen molar-refractivity contribution in [2.75, 3.05) is 0 Å². The molecule has 6 nitrogen and oxygen atoms in total. The molecule has 3 aromatic carbocycles. The molecule has 0 bridgehead atoms. The lowest BCUT2D eigenvalue weighted by Crippen LogP contribution is -2.34. The molecule has 0 radical (unpaired) electrons. The van der Waals surface area contributed by atoms with Crippen LogP contribution in [-0.2, 0) is 24.4 Å². The van der Waals surface area contributed by atoms with Crippen LogP contribution >= 0.6 is 0 Å². The molecule has 0 aliphatic rings. The molecule has 1 heterocycles. The summed E-state index contributed by atoms with van der Waals surface area (Å²) in [5.41, 5.74) is 1.42. The second-order valence-corrected chi connectivity index (χ2v) is 7.41. The number of aromatic amines is 1. The van der Waals surface area contributed by atoms with E-state index in [1.807, 2.05) is 60.7 Å². The fourth-order valence-electron chi connectivity index (χ4n) is 3.61. The smallest absolute Gasteiger partial charge is 0.273 e. The third kappa shape index (κ3) is 4.80. The van der Waals surface area contributed by atoms with Crippen LogP contribution < -0.4 is 11.1 Å². The topological polar surface area (TPSA) is 75.2 Å². The molecule has 4 rings (SSSR count). The standard InChI is InChI=1S/C25H23N3O3/c29-23(15-16-28-25(31)22-14-8-7-13-21(22)24(30)26-28)27(17-19-9-3-1-4-10-19)18-20-11-5-2-6-12-20/h1-14H,15-18H2,(H,26,30). The number of nitrogens with zero attached hydrogens (tertiary/aromatic N) is 2. The van der Waals surface area contributed by atoms with Crippen LogP contribution in [0, 0.1) is 0 Å². The van der Waals surface area contributed by atoms with Crippen LogP contribution in [0.5, 0.6) is 0 Å². The van der Waals surface area contributed by atoms with E-state index in [0.717, 1.165) is 11.1 Å². The summed E-state index contributed by atoms with van der Waals surface area (Å²) in [4.78, 5) is 39.9. The van der Waals surface area contributed by atoms with Crippen LogP contribution in [-0.4, -0.2) is 20.6 Å². The van der Waals surface area contributed by atoms with Gasteiger partial charge in [-0.1, -0.05) is 72.8 Å². The number of aromatic nitrogens is 2. The first-order valence-electron chi connectivity index (χ1n) is 10.2. The normalized spacial score (nSPS) is 10.8. The number of aryl methyl sites for hydroxylation is 1. The second kappa shape index (κ2) is 9.26. The highest BCUT2D eigenvalue weighted by molar-refractivity contribution is 5.80. The van der Waals surface area contributed by atoms with Crippen molar-refractivity contribution in [1.29, 1.82) is 0 Å². The van der Waals surface area contributed by atoms with Crippen LogP contribution in [0.15, 0.2) is 94.5 Å². The Balaban J connectivity index is 1.54. The summed E-state index contributed by atoms with van der Waals surface area (Å²) in [5.74, 6) is -0.0892. The highest BCUT2D eigenvalue weighted by atomic mass is 16.2. The number of rotatable bonds is 7.